The predicted octanol–water partition coefficient (Wildman–Crippen LogP) is 7.27. The number of nitriles is 1. The molecule has 0 bridgehead atoms. The van der Waals surface area contributed by atoms with Crippen LogP contribution in [0, 0.1) is 11.3 Å². The van der Waals surface area contributed by atoms with E-state index in [1.54, 1.807) is 0 Å². The fraction of sp³-hybridized carbons (Fsp3) is 0.708. The molecular weight excluding hydrogens is 318 g/mol. The predicted molar refractivity (Wildman–Crippen MR) is 111 cm³/mol. The van der Waals surface area contributed by atoms with E-state index in [4.69, 9.17) is 0 Å². The molecule has 1 N–H and O–H groups in total. The number of hydrogen-bond donors (Lipinski definition) is 1. The van der Waals surface area contributed by atoms with Crippen molar-refractivity contribution in [1.29, 1.82) is 5.26 Å². The highest BCUT2D eigenvalue weighted by atomic mass is 16.3. The highest BCUT2D eigenvalue weighted by Gasteiger charge is 2.27. The van der Waals surface area contributed by atoms with E-state index in [-0.39, 0.29) is 0 Å². The lowest BCUT2D eigenvalue weighted by Crippen LogP contribution is -2.23. The van der Waals surface area contributed by atoms with Crippen LogP contribution in [0.2, 0.25) is 0 Å². The molecule has 0 radical (unpaired) electrons. The smallest absolute Gasteiger partial charge is 0.176 e. The second kappa shape index (κ2) is 14.8. The molecule has 1 aromatic rings. The van der Waals surface area contributed by atoms with Crippen molar-refractivity contribution in [3.63, 3.8) is 0 Å². The van der Waals surface area contributed by atoms with E-state index < -0.39 is 5.60 Å². The fourth-order valence-corrected chi connectivity index (χ4v) is 3.55. The number of unbranched alkanes of at least 4 members (excludes halogenated alkanes) is 13. The van der Waals surface area contributed by atoms with E-state index in [1.165, 1.54) is 77.0 Å². The summed E-state index contributed by atoms with van der Waals surface area (Å²) >= 11 is 0. The van der Waals surface area contributed by atoms with E-state index >= 15 is 0 Å². The van der Waals surface area contributed by atoms with Crippen LogP contribution >= 0.6 is 0 Å². The Hall–Kier alpha value is -1.33. The molecule has 0 amide bonds. The van der Waals surface area contributed by atoms with Crippen molar-refractivity contribution in [2.75, 3.05) is 0 Å². The summed E-state index contributed by atoms with van der Waals surface area (Å²) in [6.07, 6.45) is 18.9. The van der Waals surface area contributed by atoms with Crippen molar-refractivity contribution < 1.29 is 5.11 Å². The van der Waals surface area contributed by atoms with Gasteiger partial charge >= 0.3 is 0 Å². The van der Waals surface area contributed by atoms with Gasteiger partial charge in [0.05, 0.1) is 0 Å². The summed E-state index contributed by atoms with van der Waals surface area (Å²) in [5.74, 6) is 0. The molecule has 146 valence electrons. The lowest BCUT2D eigenvalue weighted by Gasteiger charge is -2.20. The summed E-state index contributed by atoms with van der Waals surface area (Å²) in [5.41, 5.74) is -0.601. The molecule has 2 heteroatoms. The molecule has 0 spiro atoms. The Kier molecular flexibility index (Phi) is 12.9. The Labute approximate surface area is 161 Å². The Morgan fingerprint density at radius 1 is 0.731 bits per heavy atom. The average molecular weight is 358 g/mol. The minimum absolute atomic E-state index is 0.533. The standard InChI is InChI=1S/C24H39NO/c1-2-3-4-5-6-7-8-9-10-11-12-13-14-18-21-24(26,22-25)23-19-16-15-17-20-23/h15-17,19-20,26H,2-14,18,21H2,1H3. The van der Waals surface area contributed by atoms with Crippen LogP contribution in [0.5, 0.6) is 0 Å². The van der Waals surface area contributed by atoms with E-state index in [0.29, 0.717) is 6.42 Å². The summed E-state index contributed by atoms with van der Waals surface area (Å²) in [6, 6.07) is 11.4. The summed E-state index contributed by atoms with van der Waals surface area (Å²) in [5, 5.41) is 19.9. The molecule has 0 aliphatic heterocycles. The van der Waals surface area contributed by atoms with Crippen molar-refractivity contribution in [3.8, 4) is 6.07 Å². The van der Waals surface area contributed by atoms with Crippen molar-refractivity contribution in [3.05, 3.63) is 35.9 Å². The largest absolute Gasteiger partial charge is 0.371 e. The van der Waals surface area contributed by atoms with Crippen LogP contribution in [0.15, 0.2) is 30.3 Å². The second-order valence-electron chi connectivity index (χ2n) is 7.68. The van der Waals surface area contributed by atoms with E-state index in [0.717, 1.165) is 18.4 Å². The normalized spacial score (nSPS) is 13.3. The molecule has 0 heterocycles. The first-order chi connectivity index (χ1) is 12.7. The monoisotopic (exact) mass is 357 g/mol. The quantitative estimate of drug-likeness (QED) is 0.250. The van der Waals surface area contributed by atoms with Crippen molar-refractivity contribution in [2.24, 2.45) is 0 Å². The highest BCUT2D eigenvalue weighted by molar-refractivity contribution is 5.28. The molecule has 0 aliphatic rings. The lowest BCUT2D eigenvalue weighted by atomic mass is 9.89. The van der Waals surface area contributed by atoms with E-state index in [1.807, 2.05) is 30.3 Å². The summed E-state index contributed by atoms with van der Waals surface area (Å²) in [7, 11) is 0. The molecule has 1 atom stereocenters. The Bertz CT molecular complexity index is 479. The molecule has 1 rings (SSSR count). The number of benzene rings is 1. The molecule has 0 fully saturated rings. The zero-order chi connectivity index (χ0) is 18.9. The zero-order valence-corrected chi connectivity index (χ0v) is 16.9. The van der Waals surface area contributed by atoms with Crippen LogP contribution in [0.3, 0.4) is 0 Å². The third-order valence-electron chi connectivity index (χ3n) is 5.33. The molecular formula is C24H39NO. The molecule has 0 saturated carbocycles. The molecule has 0 aromatic heterocycles. The third-order valence-corrected chi connectivity index (χ3v) is 5.33. The van der Waals surface area contributed by atoms with Gasteiger partial charge in [-0.2, -0.15) is 5.26 Å². The third kappa shape index (κ3) is 9.97. The first-order valence-electron chi connectivity index (χ1n) is 10.9. The maximum Gasteiger partial charge on any atom is 0.176 e. The van der Waals surface area contributed by atoms with Gasteiger partial charge < -0.3 is 5.11 Å². The average Bonchev–Trinajstić information content (AvgIpc) is 2.68. The van der Waals surface area contributed by atoms with Crippen LogP contribution in [-0.2, 0) is 5.60 Å². The number of aliphatic hydroxyl groups is 1. The molecule has 0 saturated heterocycles. The van der Waals surface area contributed by atoms with Gasteiger partial charge in [0.1, 0.15) is 6.07 Å². The molecule has 1 aromatic carbocycles. The van der Waals surface area contributed by atoms with Gasteiger partial charge in [0.15, 0.2) is 5.60 Å². The van der Waals surface area contributed by atoms with Crippen LogP contribution in [0.25, 0.3) is 0 Å². The summed E-state index contributed by atoms with van der Waals surface area (Å²) < 4.78 is 0. The Morgan fingerprint density at radius 2 is 1.15 bits per heavy atom. The minimum atomic E-state index is -1.32. The van der Waals surface area contributed by atoms with Gasteiger partial charge in [-0.25, -0.2) is 0 Å². The molecule has 1 unspecified atom stereocenters. The van der Waals surface area contributed by atoms with Gasteiger partial charge in [-0.1, -0.05) is 121 Å². The maximum atomic E-state index is 10.5. The SMILES string of the molecule is CCCCCCCCCCCCCCCCC(O)(C#N)c1ccccc1. The van der Waals surface area contributed by atoms with Crippen LogP contribution in [-0.4, -0.2) is 5.11 Å². The van der Waals surface area contributed by atoms with E-state index in [2.05, 4.69) is 13.0 Å². The van der Waals surface area contributed by atoms with Gasteiger partial charge in [-0.05, 0) is 18.4 Å². The Balaban J connectivity index is 1.95. The Morgan fingerprint density at radius 3 is 1.58 bits per heavy atom. The second-order valence-corrected chi connectivity index (χ2v) is 7.68. The van der Waals surface area contributed by atoms with Gasteiger partial charge in [-0.15, -0.1) is 0 Å². The first-order valence-corrected chi connectivity index (χ1v) is 10.9. The number of nitrogens with zero attached hydrogens (tertiary/aromatic N) is 1. The van der Waals surface area contributed by atoms with Gasteiger partial charge in [0.25, 0.3) is 0 Å². The van der Waals surface area contributed by atoms with Crippen molar-refractivity contribution in [2.45, 2.75) is 109 Å². The first kappa shape index (κ1) is 22.7. The van der Waals surface area contributed by atoms with Crippen LogP contribution in [0.1, 0.15) is 109 Å². The highest BCUT2D eigenvalue weighted by Crippen LogP contribution is 2.27. The molecule has 26 heavy (non-hydrogen) atoms. The lowest BCUT2D eigenvalue weighted by molar-refractivity contribution is 0.0845. The minimum Gasteiger partial charge on any atom is -0.371 e. The van der Waals surface area contributed by atoms with Gasteiger partial charge in [0.2, 0.25) is 0 Å². The summed E-state index contributed by atoms with van der Waals surface area (Å²) in [4.78, 5) is 0. The van der Waals surface area contributed by atoms with E-state index in [9.17, 15) is 10.4 Å². The maximum absolute atomic E-state index is 10.5. The van der Waals surface area contributed by atoms with Gasteiger partial charge in [0, 0.05) is 0 Å². The topological polar surface area (TPSA) is 44.0 Å². The van der Waals surface area contributed by atoms with Crippen LogP contribution < -0.4 is 0 Å². The number of hydrogen-bond acceptors (Lipinski definition) is 2. The zero-order valence-electron chi connectivity index (χ0n) is 16.9. The fourth-order valence-electron chi connectivity index (χ4n) is 3.55. The summed E-state index contributed by atoms with van der Waals surface area (Å²) in [6.45, 7) is 2.27. The van der Waals surface area contributed by atoms with Crippen molar-refractivity contribution in [1.82, 2.24) is 0 Å². The van der Waals surface area contributed by atoms with Gasteiger partial charge in [-0.3, -0.25) is 0 Å². The van der Waals surface area contributed by atoms with Crippen molar-refractivity contribution >= 4 is 0 Å². The van der Waals surface area contributed by atoms with Crippen LogP contribution in [0.4, 0.5) is 0 Å². The number of rotatable bonds is 16. The molecule has 0 aliphatic carbocycles. The molecule has 2 nitrogen and oxygen atoms in total.